The molecule has 0 radical (unpaired) electrons. The zero-order chi connectivity index (χ0) is 20.9. The van der Waals surface area contributed by atoms with Gasteiger partial charge in [-0.25, -0.2) is 4.79 Å². The van der Waals surface area contributed by atoms with Crippen molar-refractivity contribution in [2.45, 2.75) is 26.6 Å². The first kappa shape index (κ1) is 19.5. The van der Waals surface area contributed by atoms with Crippen molar-refractivity contribution >= 4 is 16.9 Å². The summed E-state index contributed by atoms with van der Waals surface area (Å²) in [5, 5.41) is 3.86. The van der Waals surface area contributed by atoms with Crippen LogP contribution in [0.15, 0.2) is 82.2 Å². The van der Waals surface area contributed by atoms with E-state index in [0.717, 1.165) is 22.0 Å². The topological polar surface area (TPSA) is 78.3 Å². The molecular weight excluding hydrogens is 378 g/mol. The molecule has 30 heavy (non-hydrogen) atoms. The molecular formula is C24H23N3O3. The van der Waals surface area contributed by atoms with Crippen LogP contribution in [0.4, 0.5) is 4.79 Å². The Morgan fingerprint density at radius 3 is 2.63 bits per heavy atom. The van der Waals surface area contributed by atoms with Crippen LogP contribution >= 0.6 is 0 Å². The molecule has 0 aliphatic rings. The van der Waals surface area contributed by atoms with E-state index < -0.39 is 0 Å². The van der Waals surface area contributed by atoms with Gasteiger partial charge in [0.2, 0.25) is 0 Å². The van der Waals surface area contributed by atoms with Crippen LogP contribution in [0.2, 0.25) is 0 Å². The third kappa shape index (κ3) is 4.60. The van der Waals surface area contributed by atoms with Crippen molar-refractivity contribution in [1.82, 2.24) is 15.2 Å². The number of aromatic amines is 1. The number of aryl methyl sites for hydroxylation is 1. The lowest BCUT2D eigenvalue weighted by Gasteiger charge is -2.22. The van der Waals surface area contributed by atoms with Gasteiger partial charge in [0.25, 0.3) is 5.56 Å². The number of urea groups is 1. The SMILES string of the molecule is Cc1ccc2cc(CN(Cc3ccco3)C(=O)NCc3ccccc3)c(=O)[nH]c2c1. The van der Waals surface area contributed by atoms with Crippen LogP contribution in [0, 0.1) is 6.92 Å². The van der Waals surface area contributed by atoms with E-state index in [1.54, 1.807) is 17.2 Å². The van der Waals surface area contributed by atoms with Gasteiger partial charge in [0.05, 0.1) is 19.4 Å². The van der Waals surface area contributed by atoms with Crippen molar-refractivity contribution in [1.29, 1.82) is 0 Å². The minimum absolute atomic E-state index is 0.167. The van der Waals surface area contributed by atoms with E-state index in [4.69, 9.17) is 4.42 Å². The Hall–Kier alpha value is -3.80. The van der Waals surface area contributed by atoms with E-state index in [9.17, 15) is 9.59 Å². The number of hydrogen-bond acceptors (Lipinski definition) is 3. The zero-order valence-corrected chi connectivity index (χ0v) is 16.7. The van der Waals surface area contributed by atoms with Gasteiger partial charge in [0.1, 0.15) is 5.76 Å². The van der Waals surface area contributed by atoms with Gasteiger partial charge < -0.3 is 19.6 Å². The maximum Gasteiger partial charge on any atom is 0.318 e. The maximum absolute atomic E-state index is 12.9. The van der Waals surface area contributed by atoms with Gasteiger partial charge in [-0.3, -0.25) is 4.79 Å². The molecule has 0 unspecified atom stereocenters. The number of rotatable bonds is 6. The molecule has 0 saturated heterocycles. The number of hydrogen-bond donors (Lipinski definition) is 2. The van der Waals surface area contributed by atoms with Crippen molar-refractivity contribution in [3.8, 4) is 0 Å². The average molecular weight is 401 g/mol. The Balaban J connectivity index is 1.57. The molecule has 2 aromatic heterocycles. The van der Waals surface area contributed by atoms with Crippen molar-refractivity contribution in [2.75, 3.05) is 0 Å². The van der Waals surface area contributed by atoms with Crippen LogP contribution in [0.5, 0.6) is 0 Å². The minimum atomic E-state index is -0.265. The summed E-state index contributed by atoms with van der Waals surface area (Å²) in [5.41, 5.74) is 3.18. The number of nitrogens with one attached hydrogen (secondary N) is 2. The first-order valence-electron chi connectivity index (χ1n) is 9.80. The first-order valence-corrected chi connectivity index (χ1v) is 9.80. The van der Waals surface area contributed by atoms with E-state index in [0.29, 0.717) is 17.9 Å². The number of amides is 2. The normalized spacial score (nSPS) is 10.8. The molecule has 0 saturated carbocycles. The van der Waals surface area contributed by atoms with Crippen molar-refractivity contribution in [3.05, 3.63) is 106 Å². The number of fused-ring (bicyclic) bond motifs is 1. The standard InChI is InChI=1S/C24H23N3O3/c1-17-9-10-19-13-20(23(28)26-22(19)12-17)15-27(16-21-8-5-11-30-21)24(29)25-14-18-6-3-2-4-7-18/h2-13H,14-16H2,1H3,(H,25,29)(H,26,28). The lowest BCUT2D eigenvalue weighted by atomic mass is 10.1. The maximum atomic E-state index is 12.9. The number of nitrogens with zero attached hydrogens (tertiary/aromatic N) is 1. The van der Waals surface area contributed by atoms with E-state index in [2.05, 4.69) is 10.3 Å². The second-order valence-corrected chi connectivity index (χ2v) is 7.29. The number of carbonyl (C=O) groups excluding carboxylic acids is 1. The summed E-state index contributed by atoms with van der Waals surface area (Å²) >= 11 is 0. The Morgan fingerprint density at radius 1 is 1.03 bits per heavy atom. The molecule has 2 amide bonds. The van der Waals surface area contributed by atoms with Gasteiger partial charge in [-0.15, -0.1) is 0 Å². The van der Waals surface area contributed by atoms with Gasteiger partial charge in [-0.1, -0.05) is 42.5 Å². The molecule has 4 aromatic rings. The van der Waals surface area contributed by atoms with Gasteiger partial charge in [-0.05, 0) is 47.7 Å². The molecule has 2 aromatic carbocycles. The van der Waals surface area contributed by atoms with Crippen molar-refractivity contribution in [2.24, 2.45) is 0 Å². The summed E-state index contributed by atoms with van der Waals surface area (Å²) in [6, 6.07) is 20.8. The Bertz CT molecular complexity index is 1200. The minimum Gasteiger partial charge on any atom is -0.467 e. The number of pyridine rings is 1. The Labute approximate surface area is 174 Å². The van der Waals surface area contributed by atoms with Crippen molar-refractivity contribution in [3.63, 3.8) is 0 Å². The number of H-pyrrole nitrogens is 1. The summed E-state index contributed by atoms with van der Waals surface area (Å²) < 4.78 is 5.42. The van der Waals surface area contributed by atoms with Gasteiger partial charge >= 0.3 is 6.03 Å². The molecule has 6 heteroatoms. The summed E-state index contributed by atoms with van der Waals surface area (Å²) in [6.45, 7) is 2.81. The quantitative estimate of drug-likeness (QED) is 0.504. The monoisotopic (exact) mass is 401 g/mol. The molecule has 0 atom stereocenters. The van der Waals surface area contributed by atoms with Gasteiger partial charge in [-0.2, -0.15) is 0 Å². The molecule has 0 bridgehead atoms. The second-order valence-electron chi connectivity index (χ2n) is 7.29. The molecule has 2 heterocycles. The van der Waals surface area contributed by atoms with Crippen LogP contribution in [-0.4, -0.2) is 15.9 Å². The number of furan rings is 1. The highest BCUT2D eigenvalue weighted by molar-refractivity contribution is 5.80. The highest BCUT2D eigenvalue weighted by Gasteiger charge is 2.18. The number of aromatic nitrogens is 1. The number of benzene rings is 2. The summed E-state index contributed by atoms with van der Waals surface area (Å²) in [4.78, 5) is 30.1. The van der Waals surface area contributed by atoms with Gasteiger partial charge in [0.15, 0.2) is 0 Å². The molecule has 0 spiro atoms. The third-order valence-electron chi connectivity index (χ3n) is 4.94. The molecule has 0 aliphatic heterocycles. The number of carbonyl (C=O) groups is 1. The molecule has 2 N–H and O–H groups in total. The molecule has 6 nitrogen and oxygen atoms in total. The largest absolute Gasteiger partial charge is 0.467 e. The van der Waals surface area contributed by atoms with E-state index in [1.807, 2.05) is 67.6 Å². The van der Waals surface area contributed by atoms with E-state index >= 15 is 0 Å². The van der Waals surface area contributed by atoms with Crippen molar-refractivity contribution < 1.29 is 9.21 Å². The highest BCUT2D eigenvalue weighted by atomic mass is 16.3. The summed E-state index contributed by atoms with van der Waals surface area (Å²) in [6.07, 6.45) is 1.57. The summed E-state index contributed by atoms with van der Waals surface area (Å²) in [5.74, 6) is 0.651. The van der Waals surface area contributed by atoms with Crippen LogP contribution < -0.4 is 10.9 Å². The van der Waals surface area contributed by atoms with Crippen LogP contribution in [0.25, 0.3) is 10.9 Å². The van der Waals surface area contributed by atoms with Crippen LogP contribution in [-0.2, 0) is 19.6 Å². The Morgan fingerprint density at radius 2 is 1.87 bits per heavy atom. The Kier molecular flexibility index (Phi) is 5.66. The molecule has 152 valence electrons. The molecule has 0 fully saturated rings. The lowest BCUT2D eigenvalue weighted by Crippen LogP contribution is -2.39. The van der Waals surface area contributed by atoms with Gasteiger partial charge in [0, 0.05) is 17.6 Å². The fraction of sp³-hybridized carbons (Fsp3) is 0.167. The fourth-order valence-electron chi connectivity index (χ4n) is 3.36. The average Bonchev–Trinajstić information content (AvgIpc) is 3.26. The molecule has 4 rings (SSSR count). The zero-order valence-electron chi connectivity index (χ0n) is 16.7. The summed E-state index contributed by atoms with van der Waals surface area (Å²) in [7, 11) is 0. The smallest absolute Gasteiger partial charge is 0.318 e. The fourth-order valence-corrected chi connectivity index (χ4v) is 3.36. The lowest BCUT2D eigenvalue weighted by molar-refractivity contribution is 0.186. The predicted molar refractivity (Wildman–Crippen MR) is 116 cm³/mol. The first-order chi connectivity index (χ1) is 14.6. The molecule has 0 aliphatic carbocycles. The second kappa shape index (κ2) is 8.69. The highest BCUT2D eigenvalue weighted by Crippen LogP contribution is 2.15. The van der Waals surface area contributed by atoms with E-state index in [-0.39, 0.29) is 24.7 Å². The van der Waals surface area contributed by atoms with E-state index in [1.165, 1.54) is 0 Å². The van der Waals surface area contributed by atoms with Crippen LogP contribution in [0.1, 0.15) is 22.5 Å². The van der Waals surface area contributed by atoms with Crippen LogP contribution in [0.3, 0.4) is 0 Å². The third-order valence-corrected chi connectivity index (χ3v) is 4.94. The predicted octanol–water partition coefficient (Wildman–Crippen LogP) is 4.34.